The number of allylic oxidation sites excluding steroid dienone is 1. The van der Waals surface area contributed by atoms with Crippen molar-refractivity contribution in [1.82, 2.24) is 4.90 Å². The van der Waals surface area contributed by atoms with E-state index >= 15 is 0 Å². The number of hydrogen-bond donors (Lipinski definition) is 1. The van der Waals surface area contributed by atoms with Gasteiger partial charge in [-0.15, -0.1) is 0 Å². The first kappa shape index (κ1) is 24.1. The summed E-state index contributed by atoms with van der Waals surface area (Å²) in [6.07, 6.45) is -3.71. The smallest absolute Gasteiger partial charge is 0.392 e. The Kier molecular flexibility index (Phi) is 7.45. The molecule has 2 rings (SSSR count). The molecule has 1 atom stereocenters. The summed E-state index contributed by atoms with van der Waals surface area (Å²) >= 11 is 6.25. The van der Waals surface area contributed by atoms with Gasteiger partial charge in [0.15, 0.2) is 0 Å². The standard InChI is InChI=1S/C21H25ClF3NO4/c1-13(2)15-12-26(8-6-19(28)29)18(27)11-20(15,3)14-4-5-17(16(22)10-14)30-9-7-21(23,24)25/h4-5,10,12-13H,6-9,11H2,1-3H3,(H,28,29)/t20-/m0/s1. The molecule has 9 heteroatoms. The number of hydrogen-bond acceptors (Lipinski definition) is 3. The number of ether oxygens (including phenoxy) is 1. The molecule has 0 saturated carbocycles. The number of carboxylic acids is 1. The zero-order valence-corrected chi connectivity index (χ0v) is 17.8. The normalized spacial score (nSPS) is 19.8. The second kappa shape index (κ2) is 9.29. The third-order valence-electron chi connectivity index (χ3n) is 5.16. The van der Waals surface area contributed by atoms with Gasteiger partial charge in [-0.1, -0.05) is 38.4 Å². The average Bonchev–Trinajstić information content (AvgIpc) is 2.60. The minimum atomic E-state index is -4.31. The van der Waals surface area contributed by atoms with E-state index in [9.17, 15) is 22.8 Å². The van der Waals surface area contributed by atoms with Gasteiger partial charge in [-0.2, -0.15) is 13.2 Å². The van der Waals surface area contributed by atoms with Crippen molar-refractivity contribution >= 4 is 23.5 Å². The van der Waals surface area contributed by atoms with Crippen LogP contribution in [-0.2, 0) is 15.0 Å². The van der Waals surface area contributed by atoms with E-state index in [0.717, 1.165) is 11.1 Å². The highest BCUT2D eigenvalue weighted by Crippen LogP contribution is 2.44. The molecule has 0 unspecified atom stereocenters. The van der Waals surface area contributed by atoms with E-state index in [1.807, 2.05) is 20.8 Å². The van der Waals surface area contributed by atoms with E-state index in [0.29, 0.717) is 0 Å². The summed E-state index contributed by atoms with van der Waals surface area (Å²) in [6.45, 7) is 5.42. The number of carbonyl (C=O) groups excluding carboxylic acids is 1. The molecule has 0 aromatic heterocycles. The monoisotopic (exact) mass is 447 g/mol. The maximum Gasteiger partial charge on any atom is 0.392 e. The maximum absolute atomic E-state index is 12.7. The van der Waals surface area contributed by atoms with Gasteiger partial charge in [-0.25, -0.2) is 0 Å². The summed E-state index contributed by atoms with van der Waals surface area (Å²) in [5.41, 5.74) is 0.996. The van der Waals surface area contributed by atoms with Crippen molar-refractivity contribution in [2.24, 2.45) is 5.92 Å². The fourth-order valence-electron chi connectivity index (χ4n) is 3.59. The van der Waals surface area contributed by atoms with Crippen LogP contribution in [0.4, 0.5) is 13.2 Å². The Hall–Kier alpha value is -2.22. The van der Waals surface area contributed by atoms with Crippen molar-refractivity contribution in [3.63, 3.8) is 0 Å². The zero-order valence-electron chi connectivity index (χ0n) is 17.1. The lowest BCUT2D eigenvalue weighted by molar-refractivity contribution is -0.140. The van der Waals surface area contributed by atoms with Crippen molar-refractivity contribution in [1.29, 1.82) is 0 Å². The largest absolute Gasteiger partial charge is 0.492 e. The van der Waals surface area contributed by atoms with Crippen LogP contribution in [0.25, 0.3) is 0 Å². The summed E-state index contributed by atoms with van der Waals surface area (Å²) in [7, 11) is 0. The average molecular weight is 448 g/mol. The second-order valence-electron chi connectivity index (χ2n) is 7.84. The molecule has 1 aliphatic rings. The van der Waals surface area contributed by atoms with Crippen LogP contribution in [0.5, 0.6) is 5.75 Å². The van der Waals surface area contributed by atoms with E-state index in [1.54, 1.807) is 18.3 Å². The van der Waals surface area contributed by atoms with Gasteiger partial charge in [-0.3, -0.25) is 9.59 Å². The Morgan fingerprint density at radius 3 is 2.57 bits per heavy atom. The predicted molar refractivity (Wildman–Crippen MR) is 106 cm³/mol. The van der Waals surface area contributed by atoms with Crippen LogP contribution < -0.4 is 4.74 Å². The molecule has 1 aromatic rings. The van der Waals surface area contributed by atoms with Crippen LogP contribution in [-0.4, -0.2) is 41.2 Å². The molecular weight excluding hydrogens is 423 g/mol. The molecule has 1 N–H and O–H groups in total. The molecule has 5 nitrogen and oxygen atoms in total. The summed E-state index contributed by atoms with van der Waals surface area (Å²) < 4.78 is 42.1. The second-order valence-corrected chi connectivity index (χ2v) is 8.24. The van der Waals surface area contributed by atoms with Gasteiger partial charge in [0.05, 0.1) is 24.5 Å². The van der Waals surface area contributed by atoms with E-state index in [-0.39, 0.29) is 42.0 Å². The van der Waals surface area contributed by atoms with Gasteiger partial charge in [0.2, 0.25) is 5.91 Å². The number of benzene rings is 1. The molecule has 0 aliphatic carbocycles. The Balaban J connectivity index is 2.29. The van der Waals surface area contributed by atoms with E-state index in [2.05, 4.69) is 0 Å². The van der Waals surface area contributed by atoms with E-state index < -0.39 is 30.6 Å². The Bertz CT molecular complexity index is 838. The van der Waals surface area contributed by atoms with Gasteiger partial charge in [0.25, 0.3) is 0 Å². The first-order valence-corrected chi connectivity index (χ1v) is 9.94. The lowest BCUT2D eigenvalue weighted by Gasteiger charge is -2.41. The maximum atomic E-state index is 12.7. The molecule has 1 aromatic carbocycles. The molecular formula is C21H25ClF3NO4. The molecule has 1 heterocycles. The van der Waals surface area contributed by atoms with Crippen molar-refractivity contribution in [2.45, 2.75) is 51.6 Å². The number of aliphatic carboxylic acids is 1. The minimum Gasteiger partial charge on any atom is -0.492 e. The predicted octanol–water partition coefficient (Wildman–Crippen LogP) is 5.18. The number of alkyl halides is 3. The van der Waals surface area contributed by atoms with E-state index in [4.69, 9.17) is 21.4 Å². The number of carboxylic acid groups (broad SMARTS) is 1. The van der Waals surface area contributed by atoms with Crippen LogP contribution in [0, 0.1) is 5.92 Å². The van der Waals surface area contributed by atoms with Crippen molar-refractivity contribution in [2.75, 3.05) is 13.2 Å². The summed E-state index contributed by atoms with van der Waals surface area (Å²) in [5.74, 6) is -0.973. The van der Waals surface area contributed by atoms with Crippen LogP contribution in [0.1, 0.15) is 45.6 Å². The molecule has 0 radical (unpaired) electrons. The summed E-state index contributed by atoms with van der Waals surface area (Å²) in [4.78, 5) is 25.0. The van der Waals surface area contributed by atoms with Crippen molar-refractivity contribution < 1.29 is 32.6 Å². The van der Waals surface area contributed by atoms with Crippen LogP contribution in [0.2, 0.25) is 5.02 Å². The number of rotatable bonds is 8. The van der Waals surface area contributed by atoms with Crippen molar-refractivity contribution in [3.05, 3.63) is 40.6 Å². The number of halogens is 4. The topological polar surface area (TPSA) is 66.8 Å². The van der Waals surface area contributed by atoms with Gasteiger partial charge in [0.1, 0.15) is 5.75 Å². The van der Waals surface area contributed by atoms with Crippen LogP contribution >= 0.6 is 11.6 Å². The lowest BCUT2D eigenvalue weighted by atomic mass is 9.68. The van der Waals surface area contributed by atoms with Gasteiger partial charge >= 0.3 is 12.1 Å². The molecule has 0 spiro atoms. The Morgan fingerprint density at radius 2 is 2.03 bits per heavy atom. The highest BCUT2D eigenvalue weighted by atomic mass is 35.5. The molecule has 1 amide bonds. The first-order chi connectivity index (χ1) is 13.8. The highest BCUT2D eigenvalue weighted by molar-refractivity contribution is 6.32. The molecule has 30 heavy (non-hydrogen) atoms. The number of carbonyl (C=O) groups is 2. The fraction of sp³-hybridized carbons (Fsp3) is 0.524. The van der Waals surface area contributed by atoms with Crippen molar-refractivity contribution in [3.8, 4) is 5.75 Å². The van der Waals surface area contributed by atoms with Gasteiger partial charge < -0.3 is 14.7 Å². The summed E-state index contributed by atoms with van der Waals surface area (Å²) in [6, 6.07) is 4.82. The third kappa shape index (κ3) is 5.90. The minimum absolute atomic E-state index is 0.0666. The quantitative estimate of drug-likeness (QED) is 0.596. The molecule has 0 bridgehead atoms. The van der Waals surface area contributed by atoms with E-state index in [1.165, 1.54) is 11.0 Å². The lowest BCUT2D eigenvalue weighted by Crippen LogP contribution is -2.42. The Labute approximate surface area is 178 Å². The zero-order chi connectivity index (χ0) is 22.7. The molecule has 0 fully saturated rings. The third-order valence-corrected chi connectivity index (χ3v) is 5.45. The highest BCUT2D eigenvalue weighted by Gasteiger charge is 2.40. The van der Waals surface area contributed by atoms with Crippen LogP contribution in [0.15, 0.2) is 30.0 Å². The van der Waals surface area contributed by atoms with Gasteiger partial charge in [0, 0.05) is 24.6 Å². The number of amides is 1. The molecule has 166 valence electrons. The SMILES string of the molecule is CC(C)C1=CN(CCC(=O)O)C(=O)C[C@@]1(C)c1ccc(OCCC(F)(F)F)c(Cl)c1. The summed E-state index contributed by atoms with van der Waals surface area (Å²) in [5, 5.41) is 9.07. The van der Waals surface area contributed by atoms with Gasteiger partial charge in [-0.05, 0) is 29.2 Å². The number of nitrogens with zero attached hydrogens (tertiary/aromatic N) is 1. The van der Waals surface area contributed by atoms with Crippen LogP contribution in [0.3, 0.4) is 0 Å². The Morgan fingerprint density at radius 1 is 1.37 bits per heavy atom. The first-order valence-electron chi connectivity index (χ1n) is 9.56. The molecule has 0 saturated heterocycles. The molecule has 1 aliphatic heterocycles. The fourth-order valence-corrected chi connectivity index (χ4v) is 3.82.